The van der Waals surface area contributed by atoms with Crippen molar-refractivity contribution in [3.63, 3.8) is 0 Å². The zero-order valence-electron chi connectivity index (χ0n) is 11.5. The number of aryl methyl sites for hydroxylation is 1. The number of methoxy groups -OCH3 is 1. The molecule has 5 nitrogen and oxygen atoms in total. The van der Waals surface area contributed by atoms with Crippen molar-refractivity contribution in [1.82, 2.24) is 15.5 Å². The number of rotatable bonds is 6. The zero-order chi connectivity index (χ0) is 13.7. The maximum absolute atomic E-state index is 5.22. The van der Waals surface area contributed by atoms with Crippen molar-refractivity contribution in [2.45, 2.75) is 26.4 Å². The van der Waals surface area contributed by atoms with Gasteiger partial charge in [0.15, 0.2) is 0 Å². The van der Waals surface area contributed by atoms with E-state index in [9.17, 15) is 0 Å². The van der Waals surface area contributed by atoms with Crippen molar-refractivity contribution >= 4 is 0 Å². The molecule has 0 radical (unpaired) electrons. The molecule has 1 heterocycles. The Balaban J connectivity index is 1.99. The second-order valence-electron chi connectivity index (χ2n) is 4.62. The number of hydrogen-bond acceptors (Lipinski definition) is 5. The van der Waals surface area contributed by atoms with E-state index in [0.717, 1.165) is 5.56 Å². The van der Waals surface area contributed by atoms with Crippen molar-refractivity contribution in [3.05, 3.63) is 35.7 Å². The highest BCUT2D eigenvalue weighted by Crippen LogP contribution is 2.16. The number of hydrogen-bond donors (Lipinski definition) is 1. The van der Waals surface area contributed by atoms with Crippen LogP contribution in [0.15, 0.2) is 28.8 Å². The molecule has 1 atom stereocenters. The molecule has 0 aliphatic heterocycles. The number of nitrogens with zero attached hydrogens (tertiary/aromatic N) is 2. The van der Waals surface area contributed by atoms with E-state index in [2.05, 4.69) is 15.5 Å². The average molecular weight is 261 g/mol. The van der Waals surface area contributed by atoms with Crippen LogP contribution >= 0.6 is 0 Å². The smallest absolute Gasteiger partial charge is 0.240 e. The minimum absolute atomic E-state index is 0.249. The average Bonchev–Trinajstić information content (AvgIpc) is 2.85. The van der Waals surface area contributed by atoms with Gasteiger partial charge in [0.25, 0.3) is 0 Å². The maximum atomic E-state index is 5.22. The van der Waals surface area contributed by atoms with Crippen LogP contribution in [0.1, 0.15) is 18.4 Å². The summed E-state index contributed by atoms with van der Waals surface area (Å²) in [6.45, 7) is 5.28. The standard InChI is InChI=1S/C14H19N3O2/c1-10-5-4-6-12(7-10)14-16-13(19-17-14)8-15-11(2)9-18-3/h4-7,11,15H,8-9H2,1-3H3/t11-/m1/s1. The first-order valence-electron chi connectivity index (χ1n) is 6.31. The van der Waals surface area contributed by atoms with Gasteiger partial charge in [0.05, 0.1) is 13.2 Å². The Kier molecular flexibility index (Phi) is 4.65. The molecule has 1 aromatic carbocycles. The van der Waals surface area contributed by atoms with Crippen LogP contribution in [0.25, 0.3) is 11.4 Å². The third-order valence-corrected chi connectivity index (χ3v) is 2.76. The molecule has 2 rings (SSSR count). The molecule has 1 aromatic heterocycles. The molecule has 0 spiro atoms. The van der Waals surface area contributed by atoms with Gasteiger partial charge >= 0.3 is 0 Å². The van der Waals surface area contributed by atoms with Gasteiger partial charge in [-0.05, 0) is 19.9 Å². The fourth-order valence-electron chi connectivity index (χ4n) is 1.80. The lowest BCUT2D eigenvalue weighted by Gasteiger charge is -2.09. The van der Waals surface area contributed by atoms with Gasteiger partial charge < -0.3 is 14.6 Å². The van der Waals surface area contributed by atoms with E-state index in [1.807, 2.05) is 38.1 Å². The third kappa shape index (κ3) is 3.87. The molecule has 0 amide bonds. The van der Waals surface area contributed by atoms with Crippen LogP contribution in [0.4, 0.5) is 0 Å². The first kappa shape index (κ1) is 13.7. The van der Waals surface area contributed by atoms with Gasteiger partial charge in [-0.3, -0.25) is 0 Å². The summed E-state index contributed by atoms with van der Waals surface area (Å²) in [5, 5.41) is 7.25. The monoisotopic (exact) mass is 261 g/mol. The number of nitrogens with one attached hydrogen (secondary N) is 1. The molecule has 2 aromatic rings. The molecule has 0 bridgehead atoms. The summed E-state index contributed by atoms with van der Waals surface area (Å²) in [6, 6.07) is 8.29. The first-order valence-corrected chi connectivity index (χ1v) is 6.31. The second kappa shape index (κ2) is 6.45. The van der Waals surface area contributed by atoms with Crippen molar-refractivity contribution in [2.75, 3.05) is 13.7 Å². The van der Waals surface area contributed by atoms with E-state index in [1.54, 1.807) is 7.11 Å². The SMILES string of the molecule is COC[C@@H](C)NCc1nc(-c2cccc(C)c2)no1. The highest BCUT2D eigenvalue weighted by Gasteiger charge is 2.09. The van der Waals surface area contributed by atoms with Crippen LogP contribution in [0.2, 0.25) is 0 Å². The van der Waals surface area contributed by atoms with E-state index in [1.165, 1.54) is 5.56 Å². The van der Waals surface area contributed by atoms with Crippen molar-refractivity contribution in [3.8, 4) is 11.4 Å². The van der Waals surface area contributed by atoms with E-state index in [-0.39, 0.29) is 6.04 Å². The topological polar surface area (TPSA) is 60.2 Å². The Labute approximate surface area is 113 Å². The highest BCUT2D eigenvalue weighted by molar-refractivity contribution is 5.55. The van der Waals surface area contributed by atoms with E-state index in [4.69, 9.17) is 9.26 Å². The quantitative estimate of drug-likeness (QED) is 0.863. The van der Waals surface area contributed by atoms with Crippen LogP contribution in [-0.2, 0) is 11.3 Å². The van der Waals surface area contributed by atoms with Gasteiger partial charge in [-0.25, -0.2) is 0 Å². The van der Waals surface area contributed by atoms with Gasteiger partial charge in [0, 0.05) is 18.7 Å². The number of ether oxygens (including phenoxy) is 1. The lowest BCUT2D eigenvalue weighted by molar-refractivity contribution is 0.169. The summed E-state index contributed by atoms with van der Waals surface area (Å²) in [5.41, 5.74) is 2.15. The lowest BCUT2D eigenvalue weighted by Crippen LogP contribution is -2.29. The fourth-order valence-corrected chi connectivity index (χ4v) is 1.80. The minimum atomic E-state index is 0.249. The Bertz CT molecular complexity index is 525. The fraction of sp³-hybridized carbons (Fsp3) is 0.429. The van der Waals surface area contributed by atoms with Crippen LogP contribution in [0, 0.1) is 6.92 Å². The lowest BCUT2D eigenvalue weighted by atomic mass is 10.1. The molecular weight excluding hydrogens is 242 g/mol. The van der Waals surface area contributed by atoms with Crippen molar-refractivity contribution < 1.29 is 9.26 Å². The Morgan fingerprint density at radius 3 is 3.00 bits per heavy atom. The van der Waals surface area contributed by atoms with Gasteiger partial charge in [0.2, 0.25) is 11.7 Å². The predicted octanol–water partition coefficient (Wildman–Crippen LogP) is 2.17. The predicted molar refractivity (Wildman–Crippen MR) is 72.6 cm³/mol. The first-order chi connectivity index (χ1) is 9.19. The Morgan fingerprint density at radius 1 is 1.42 bits per heavy atom. The molecule has 0 unspecified atom stereocenters. The van der Waals surface area contributed by atoms with E-state index in [0.29, 0.717) is 24.9 Å². The summed E-state index contributed by atoms with van der Waals surface area (Å²) in [5.74, 6) is 1.21. The summed E-state index contributed by atoms with van der Waals surface area (Å²) in [7, 11) is 1.68. The zero-order valence-corrected chi connectivity index (χ0v) is 11.5. The molecule has 0 saturated carbocycles. The summed E-state index contributed by atoms with van der Waals surface area (Å²) < 4.78 is 10.3. The summed E-state index contributed by atoms with van der Waals surface area (Å²) in [4.78, 5) is 4.37. The molecule has 0 aliphatic carbocycles. The largest absolute Gasteiger partial charge is 0.383 e. The third-order valence-electron chi connectivity index (χ3n) is 2.76. The Hall–Kier alpha value is -1.72. The molecule has 102 valence electrons. The van der Waals surface area contributed by atoms with Gasteiger partial charge in [-0.1, -0.05) is 28.9 Å². The van der Waals surface area contributed by atoms with Gasteiger partial charge in [-0.2, -0.15) is 4.98 Å². The van der Waals surface area contributed by atoms with Crippen LogP contribution in [0.5, 0.6) is 0 Å². The Morgan fingerprint density at radius 2 is 2.26 bits per heavy atom. The summed E-state index contributed by atoms with van der Waals surface area (Å²) >= 11 is 0. The van der Waals surface area contributed by atoms with Crippen LogP contribution in [0.3, 0.4) is 0 Å². The second-order valence-corrected chi connectivity index (χ2v) is 4.62. The van der Waals surface area contributed by atoms with Crippen LogP contribution < -0.4 is 5.32 Å². The van der Waals surface area contributed by atoms with Gasteiger partial charge in [-0.15, -0.1) is 0 Å². The molecule has 19 heavy (non-hydrogen) atoms. The molecule has 5 heteroatoms. The van der Waals surface area contributed by atoms with Crippen molar-refractivity contribution in [2.24, 2.45) is 0 Å². The maximum Gasteiger partial charge on any atom is 0.240 e. The highest BCUT2D eigenvalue weighted by atomic mass is 16.5. The molecule has 0 aliphatic rings. The molecule has 1 N–H and O–H groups in total. The van der Waals surface area contributed by atoms with E-state index >= 15 is 0 Å². The van der Waals surface area contributed by atoms with E-state index < -0.39 is 0 Å². The number of aromatic nitrogens is 2. The normalized spacial score (nSPS) is 12.6. The molecule has 0 fully saturated rings. The molecular formula is C14H19N3O2. The van der Waals surface area contributed by atoms with Gasteiger partial charge in [0.1, 0.15) is 0 Å². The van der Waals surface area contributed by atoms with Crippen molar-refractivity contribution in [1.29, 1.82) is 0 Å². The molecule has 0 saturated heterocycles. The summed E-state index contributed by atoms with van der Waals surface area (Å²) in [6.07, 6.45) is 0. The number of benzene rings is 1. The minimum Gasteiger partial charge on any atom is -0.383 e. The van der Waals surface area contributed by atoms with Crippen LogP contribution in [-0.4, -0.2) is 29.9 Å².